The van der Waals surface area contributed by atoms with Crippen LogP contribution in [0.5, 0.6) is 0 Å². The molecule has 0 spiro atoms. The van der Waals surface area contributed by atoms with Crippen LogP contribution in [0.25, 0.3) is 0 Å². The molecule has 15 heavy (non-hydrogen) atoms. The SMILES string of the molecule is CCn1c(CCl)nnc1C1CC2CC2C1. The number of hydrogen-bond donors (Lipinski definition) is 0. The molecule has 0 aliphatic heterocycles. The minimum Gasteiger partial charge on any atom is -0.314 e. The highest BCUT2D eigenvalue weighted by Gasteiger charge is 2.47. The van der Waals surface area contributed by atoms with Crippen molar-refractivity contribution < 1.29 is 0 Å². The Bertz CT molecular complexity index is 364. The van der Waals surface area contributed by atoms with Gasteiger partial charge in [0.25, 0.3) is 0 Å². The second-order valence-electron chi connectivity index (χ2n) is 4.78. The summed E-state index contributed by atoms with van der Waals surface area (Å²) in [5, 5.41) is 8.49. The highest BCUT2D eigenvalue weighted by Crippen LogP contribution is 2.57. The molecule has 0 aromatic carbocycles. The predicted octanol–water partition coefficient (Wildman–Crippen LogP) is 2.55. The molecule has 2 aliphatic rings. The van der Waals surface area contributed by atoms with E-state index in [2.05, 4.69) is 21.7 Å². The summed E-state index contributed by atoms with van der Waals surface area (Å²) in [7, 11) is 0. The van der Waals surface area contributed by atoms with Crippen molar-refractivity contribution in [3.8, 4) is 0 Å². The monoisotopic (exact) mass is 225 g/mol. The van der Waals surface area contributed by atoms with Gasteiger partial charge in [0.1, 0.15) is 11.6 Å². The number of hydrogen-bond acceptors (Lipinski definition) is 2. The van der Waals surface area contributed by atoms with Crippen molar-refractivity contribution in [2.24, 2.45) is 11.8 Å². The predicted molar refractivity (Wildman–Crippen MR) is 58.8 cm³/mol. The summed E-state index contributed by atoms with van der Waals surface area (Å²) in [5.74, 6) is 5.22. The molecule has 2 atom stereocenters. The van der Waals surface area contributed by atoms with Crippen LogP contribution in [0, 0.1) is 11.8 Å². The van der Waals surface area contributed by atoms with Crippen molar-refractivity contribution in [1.29, 1.82) is 0 Å². The lowest BCUT2D eigenvalue weighted by Crippen LogP contribution is -2.09. The molecule has 4 heteroatoms. The van der Waals surface area contributed by atoms with Crippen molar-refractivity contribution in [3.63, 3.8) is 0 Å². The standard InChI is InChI=1S/C11H16ClN3/c1-2-15-10(6-12)13-14-11(15)9-4-7-3-8(7)5-9/h7-9H,2-6H2,1H3. The van der Waals surface area contributed by atoms with Gasteiger partial charge < -0.3 is 4.57 Å². The lowest BCUT2D eigenvalue weighted by molar-refractivity contribution is 0.545. The van der Waals surface area contributed by atoms with Gasteiger partial charge in [-0.05, 0) is 38.0 Å². The Morgan fingerprint density at radius 3 is 2.60 bits per heavy atom. The largest absolute Gasteiger partial charge is 0.314 e. The van der Waals surface area contributed by atoms with Gasteiger partial charge in [-0.15, -0.1) is 21.8 Å². The first-order valence-corrected chi connectivity index (χ1v) is 6.34. The van der Waals surface area contributed by atoms with Crippen molar-refractivity contribution in [3.05, 3.63) is 11.6 Å². The van der Waals surface area contributed by atoms with Crippen LogP contribution in [0.15, 0.2) is 0 Å². The maximum absolute atomic E-state index is 5.84. The molecule has 1 heterocycles. The maximum atomic E-state index is 5.84. The van der Waals surface area contributed by atoms with Crippen LogP contribution in [-0.4, -0.2) is 14.8 Å². The van der Waals surface area contributed by atoms with Gasteiger partial charge in [-0.25, -0.2) is 0 Å². The van der Waals surface area contributed by atoms with Gasteiger partial charge in [-0.2, -0.15) is 0 Å². The summed E-state index contributed by atoms with van der Waals surface area (Å²) in [6, 6.07) is 0. The van der Waals surface area contributed by atoms with E-state index in [0.717, 1.165) is 24.2 Å². The van der Waals surface area contributed by atoms with E-state index in [1.165, 1.54) is 25.1 Å². The van der Waals surface area contributed by atoms with Crippen LogP contribution in [0.3, 0.4) is 0 Å². The second-order valence-corrected chi connectivity index (χ2v) is 5.04. The van der Waals surface area contributed by atoms with E-state index in [9.17, 15) is 0 Å². The lowest BCUT2D eigenvalue weighted by atomic mass is 10.0. The number of rotatable bonds is 3. The van der Waals surface area contributed by atoms with Crippen molar-refractivity contribution in [1.82, 2.24) is 14.8 Å². The number of aromatic nitrogens is 3. The Labute approximate surface area is 94.8 Å². The minimum atomic E-state index is 0.473. The molecule has 3 rings (SSSR count). The van der Waals surface area contributed by atoms with Crippen LogP contribution >= 0.6 is 11.6 Å². The normalized spacial score (nSPS) is 33.1. The van der Waals surface area contributed by atoms with Gasteiger partial charge in [0, 0.05) is 12.5 Å². The fourth-order valence-electron chi connectivity index (χ4n) is 3.02. The third-order valence-corrected chi connectivity index (χ3v) is 4.14. The summed E-state index contributed by atoms with van der Waals surface area (Å²) >= 11 is 5.84. The highest BCUT2D eigenvalue weighted by molar-refractivity contribution is 6.16. The van der Waals surface area contributed by atoms with Crippen LogP contribution in [-0.2, 0) is 12.4 Å². The number of fused-ring (bicyclic) bond motifs is 1. The summed E-state index contributed by atoms with van der Waals surface area (Å²) in [6.07, 6.45) is 4.11. The van der Waals surface area contributed by atoms with E-state index in [0.29, 0.717) is 11.8 Å². The molecule has 2 saturated carbocycles. The van der Waals surface area contributed by atoms with Gasteiger partial charge >= 0.3 is 0 Å². The summed E-state index contributed by atoms with van der Waals surface area (Å²) in [5.41, 5.74) is 0. The van der Waals surface area contributed by atoms with Crippen LogP contribution in [0.4, 0.5) is 0 Å². The van der Waals surface area contributed by atoms with Gasteiger partial charge in [-0.3, -0.25) is 0 Å². The molecule has 0 N–H and O–H groups in total. The number of nitrogens with zero attached hydrogens (tertiary/aromatic N) is 3. The zero-order valence-electron chi connectivity index (χ0n) is 8.99. The van der Waals surface area contributed by atoms with Crippen LogP contribution in [0.2, 0.25) is 0 Å². The average molecular weight is 226 g/mol. The molecule has 2 aliphatic carbocycles. The third kappa shape index (κ3) is 1.48. The molecule has 0 amide bonds. The molecule has 0 bridgehead atoms. The van der Waals surface area contributed by atoms with Crippen LogP contribution < -0.4 is 0 Å². The van der Waals surface area contributed by atoms with E-state index < -0.39 is 0 Å². The summed E-state index contributed by atoms with van der Waals surface area (Å²) in [6.45, 7) is 3.08. The van der Waals surface area contributed by atoms with Crippen molar-refractivity contribution in [2.75, 3.05) is 0 Å². The van der Waals surface area contributed by atoms with E-state index in [4.69, 9.17) is 11.6 Å². The van der Waals surface area contributed by atoms with E-state index >= 15 is 0 Å². The quantitative estimate of drug-likeness (QED) is 0.741. The molecular formula is C11H16ClN3. The smallest absolute Gasteiger partial charge is 0.147 e. The average Bonchev–Trinajstić information content (AvgIpc) is 2.75. The van der Waals surface area contributed by atoms with Crippen LogP contribution in [0.1, 0.15) is 43.8 Å². The summed E-state index contributed by atoms with van der Waals surface area (Å²) in [4.78, 5) is 0. The lowest BCUT2D eigenvalue weighted by Gasteiger charge is -2.12. The maximum Gasteiger partial charge on any atom is 0.147 e. The summed E-state index contributed by atoms with van der Waals surface area (Å²) < 4.78 is 2.20. The number of halogens is 1. The molecule has 1 aromatic heterocycles. The van der Waals surface area contributed by atoms with Gasteiger partial charge in [0.05, 0.1) is 5.88 Å². The van der Waals surface area contributed by atoms with E-state index in [1.54, 1.807) is 0 Å². The Morgan fingerprint density at radius 1 is 1.27 bits per heavy atom. The Kier molecular flexibility index (Phi) is 2.23. The van der Waals surface area contributed by atoms with Gasteiger partial charge in [0.15, 0.2) is 0 Å². The van der Waals surface area contributed by atoms with E-state index in [1.807, 2.05) is 0 Å². The molecule has 0 radical (unpaired) electrons. The molecule has 0 saturated heterocycles. The molecular weight excluding hydrogens is 210 g/mol. The van der Waals surface area contributed by atoms with Crippen molar-refractivity contribution in [2.45, 2.75) is 44.5 Å². The Morgan fingerprint density at radius 2 is 2.00 bits per heavy atom. The molecule has 2 fully saturated rings. The molecule has 1 aromatic rings. The van der Waals surface area contributed by atoms with Gasteiger partial charge in [0.2, 0.25) is 0 Å². The molecule has 3 nitrogen and oxygen atoms in total. The molecule has 82 valence electrons. The van der Waals surface area contributed by atoms with E-state index in [-0.39, 0.29) is 0 Å². The molecule has 2 unspecified atom stereocenters. The first kappa shape index (κ1) is 9.64. The minimum absolute atomic E-state index is 0.473. The first-order chi connectivity index (χ1) is 7.33. The zero-order chi connectivity index (χ0) is 10.4. The fraction of sp³-hybridized carbons (Fsp3) is 0.818. The number of alkyl halides is 1. The first-order valence-electron chi connectivity index (χ1n) is 5.81. The highest BCUT2D eigenvalue weighted by atomic mass is 35.5. The fourth-order valence-corrected chi connectivity index (χ4v) is 3.22. The Hall–Kier alpha value is -0.570. The topological polar surface area (TPSA) is 30.7 Å². The van der Waals surface area contributed by atoms with Gasteiger partial charge in [-0.1, -0.05) is 0 Å². The second kappa shape index (κ2) is 3.48. The third-order valence-electron chi connectivity index (χ3n) is 3.90. The van der Waals surface area contributed by atoms with Crippen molar-refractivity contribution >= 4 is 11.6 Å². The zero-order valence-corrected chi connectivity index (χ0v) is 9.74. The Balaban J connectivity index is 1.87.